The van der Waals surface area contributed by atoms with Crippen LogP contribution in [0.5, 0.6) is 0 Å². The number of likely N-dealkylation sites (N-methyl/N-ethyl adjacent to an activating group) is 1. The molecule has 0 aromatic carbocycles. The van der Waals surface area contributed by atoms with Crippen molar-refractivity contribution < 1.29 is 4.79 Å². The molecule has 0 saturated carbocycles. The number of anilines is 1. The summed E-state index contributed by atoms with van der Waals surface area (Å²) in [5, 5.41) is 0. The molecule has 0 unspecified atom stereocenters. The smallest absolute Gasteiger partial charge is 0.219 e. The molecule has 1 aliphatic rings. The molecule has 2 rings (SSSR count). The first-order valence-corrected chi connectivity index (χ1v) is 5.51. The Morgan fingerprint density at radius 1 is 1.38 bits per heavy atom. The highest BCUT2D eigenvalue weighted by Crippen LogP contribution is 2.22. The van der Waals surface area contributed by atoms with E-state index in [9.17, 15) is 4.79 Å². The number of fused-ring (bicyclic) bond motifs is 1. The first kappa shape index (κ1) is 10.9. The van der Waals surface area contributed by atoms with E-state index in [4.69, 9.17) is 0 Å². The van der Waals surface area contributed by atoms with Gasteiger partial charge in [-0.05, 0) is 13.0 Å². The van der Waals surface area contributed by atoms with Gasteiger partial charge in [0.05, 0.1) is 0 Å². The molecule has 86 valence electrons. The van der Waals surface area contributed by atoms with Crippen LogP contribution in [0.1, 0.15) is 18.2 Å². The van der Waals surface area contributed by atoms with Gasteiger partial charge >= 0.3 is 0 Å². The van der Waals surface area contributed by atoms with Gasteiger partial charge in [-0.2, -0.15) is 0 Å². The number of amides is 1. The van der Waals surface area contributed by atoms with Crippen LogP contribution in [0.2, 0.25) is 0 Å². The van der Waals surface area contributed by atoms with Gasteiger partial charge in [0.1, 0.15) is 5.82 Å². The first-order chi connectivity index (χ1) is 7.58. The molecule has 0 atom stereocenters. The number of carbonyl (C=O) groups excluding carboxylic acids is 1. The lowest BCUT2D eigenvalue weighted by atomic mass is 10.2. The van der Waals surface area contributed by atoms with Crippen molar-refractivity contribution in [3.8, 4) is 0 Å². The molecule has 1 aliphatic heterocycles. The van der Waals surface area contributed by atoms with Gasteiger partial charge < -0.3 is 9.80 Å². The minimum absolute atomic E-state index is 0.127. The zero-order valence-corrected chi connectivity index (χ0v) is 10.0. The van der Waals surface area contributed by atoms with Crippen LogP contribution in [-0.4, -0.2) is 35.9 Å². The van der Waals surface area contributed by atoms with Crippen LogP contribution in [0.25, 0.3) is 0 Å². The normalized spacial score (nSPS) is 15.7. The molecule has 16 heavy (non-hydrogen) atoms. The summed E-state index contributed by atoms with van der Waals surface area (Å²) < 4.78 is 0. The third kappa shape index (κ3) is 2.01. The number of hydrogen-bond acceptors (Lipinski definition) is 3. The van der Waals surface area contributed by atoms with Crippen LogP contribution in [0.15, 0.2) is 12.1 Å². The van der Waals surface area contributed by atoms with Crippen molar-refractivity contribution in [2.45, 2.75) is 20.4 Å². The summed E-state index contributed by atoms with van der Waals surface area (Å²) in [6.07, 6.45) is 0. The Labute approximate surface area is 95.9 Å². The maximum atomic E-state index is 11.4. The molecule has 4 nitrogen and oxygen atoms in total. The van der Waals surface area contributed by atoms with Crippen LogP contribution in [0, 0.1) is 6.92 Å². The summed E-state index contributed by atoms with van der Waals surface area (Å²) in [7, 11) is 2.02. The first-order valence-electron chi connectivity index (χ1n) is 5.51. The van der Waals surface area contributed by atoms with E-state index in [-0.39, 0.29) is 5.91 Å². The quantitative estimate of drug-likeness (QED) is 0.657. The van der Waals surface area contributed by atoms with E-state index in [1.54, 1.807) is 6.92 Å². The number of pyridine rings is 1. The lowest BCUT2D eigenvalue weighted by molar-refractivity contribution is -0.129. The highest BCUT2D eigenvalue weighted by molar-refractivity contribution is 5.73. The molecule has 1 amide bonds. The summed E-state index contributed by atoms with van der Waals surface area (Å²) in [6.45, 7) is 5.88. The van der Waals surface area contributed by atoms with Gasteiger partial charge in [-0.25, -0.2) is 4.98 Å². The van der Waals surface area contributed by atoms with Crippen LogP contribution in [-0.2, 0) is 11.3 Å². The lowest BCUT2D eigenvalue weighted by Crippen LogP contribution is -2.32. The van der Waals surface area contributed by atoms with Crippen molar-refractivity contribution >= 4 is 11.7 Å². The van der Waals surface area contributed by atoms with Crippen LogP contribution >= 0.6 is 0 Å². The van der Waals surface area contributed by atoms with Gasteiger partial charge in [-0.15, -0.1) is 0 Å². The Balaban J connectivity index is 2.37. The Bertz CT molecular complexity index is 417. The highest BCUT2D eigenvalue weighted by Gasteiger charge is 2.19. The second-order valence-electron chi connectivity index (χ2n) is 4.30. The van der Waals surface area contributed by atoms with E-state index in [2.05, 4.69) is 16.0 Å². The summed E-state index contributed by atoms with van der Waals surface area (Å²) in [5.74, 6) is 1.13. The van der Waals surface area contributed by atoms with Crippen molar-refractivity contribution in [2.24, 2.45) is 0 Å². The molecule has 0 radical (unpaired) electrons. The predicted molar refractivity (Wildman–Crippen MR) is 63.3 cm³/mol. The second kappa shape index (κ2) is 4.12. The summed E-state index contributed by atoms with van der Waals surface area (Å²) in [5.41, 5.74) is 2.14. The fourth-order valence-corrected chi connectivity index (χ4v) is 1.96. The Morgan fingerprint density at radius 3 is 2.81 bits per heavy atom. The zero-order valence-electron chi connectivity index (χ0n) is 10.0. The third-order valence-corrected chi connectivity index (χ3v) is 2.97. The van der Waals surface area contributed by atoms with Crippen molar-refractivity contribution in [1.29, 1.82) is 0 Å². The van der Waals surface area contributed by atoms with Crippen molar-refractivity contribution in [2.75, 3.05) is 25.0 Å². The fraction of sp³-hybridized carbons (Fsp3) is 0.500. The topological polar surface area (TPSA) is 36.4 Å². The summed E-state index contributed by atoms with van der Waals surface area (Å²) >= 11 is 0. The Kier molecular flexibility index (Phi) is 2.81. The van der Waals surface area contributed by atoms with Gasteiger partial charge in [-0.3, -0.25) is 4.79 Å². The second-order valence-corrected chi connectivity index (χ2v) is 4.30. The third-order valence-electron chi connectivity index (χ3n) is 2.97. The molecule has 0 spiro atoms. The van der Waals surface area contributed by atoms with Crippen LogP contribution < -0.4 is 4.90 Å². The summed E-state index contributed by atoms with van der Waals surface area (Å²) in [4.78, 5) is 19.9. The maximum absolute atomic E-state index is 11.4. The average molecular weight is 219 g/mol. The number of carbonyl (C=O) groups is 1. The molecule has 2 heterocycles. The van der Waals surface area contributed by atoms with Gasteiger partial charge in [0.25, 0.3) is 0 Å². The molecule has 1 aromatic heterocycles. The monoisotopic (exact) mass is 219 g/mol. The van der Waals surface area contributed by atoms with Crippen molar-refractivity contribution in [1.82, 2.24) is 9.88 Å². The number of aromatic nitrogens is 1. The number of nitrogens with zero attached hydrogens (tertiary/aromatic N) is 3. The Morgan fingerprint density at radius 2 is 2.12 bits per heavy atom. The highest BCUT2D eigenvalue weighted by atomic mass is 16.2. The van der Waals surface area contributed by atoms with E-state index in [0.717, 1.165) is 30.2 Å². The molecule has 4 heteroatoms. The SMILES string of the molecule is CC(=O)N1CCN(C)c2nc(C)ccc2C1. The molecular formula is C12H17N3O. The standard InChI is InChI=1S/C12H17N3O/c1-9-4-5-11-8-15(10(2)16)7-6-14(3)12(11)13-9/h4-5H,6-8H2,1-3H3. The van der Waals surface area contributed by atoms with Crippen LogP contribution in [0.3, 0.4) is 0 Å². The molecular weight excluding hydrogens is 202 g/mol. The molecule has 0 fully saturated rings. The van der Waals surface area contributed by atoms with Gasteiger partial charge in [-0.1, -0.05) is 6.07 Å². The minimum Gasteiger partial charge on any atom is -0.358 e. The number of hydrogen-bond donors (Lipinski definition) is 0. The summed E-state index contributed by atoms with van der Waals surface area (Å²) in [6, 6.07) is 4.06. The molecule has 0 N–H and O–H groups in total. The van der Waals surface area contributed by atoms with E-state index in [0.29, 0.717) is 6.54 Å². The average Bonchev–Trinajstić information content (AvgIpc) is 2.39. The van der Waals surface area contributed by atoms with E-state index < -0.39 is 0 Å². The fourth-order valence-electron chi connectivity index (χ4n) is 1.96. The van der Waals surface area contributed by atoms with Crippen molar-refractivity contribution in [3.63, 3.8) is 0 Å². The van der Waals surface area contributed by atoms with Gasteiger partial charge in [0.15, 0.2) is 0 Å². The molecule has 1 aromatic rings. The van der Waals surface area contributed by atoms with Crippen molar-refractivity contribution in [3.05, 3.63) is 23.4 Å². The molecule has 0 bridgehead atoms. The number of aryl methyl sites for hydroxylation is 1. The zero-order chi connectivity index (χ0) is 11.7. The Hall–Kier alpha value is -1.58. The van der Waals surface area contributed by atoms with E-state index >= 15 is 0 Å². The largest absolute Gasteiger partial charge is 0.358 e. The molecule has 0 aliphatic carbocycles. The maximum Gasteiger partial charge on any atom is 0.219 e. The van der Waals surface area contributed by atoms with Gasteiger partial charge in [0, 0.05) is 44.9 Å². The lowest BCUT2D eigenvalue weighted by Gasteiger charge is -2.18. The minimum atomic E-state index is 0.127. The molecule has 0 saturated heterocycles. The van der Waals surface area contributed by atoms with Gasteiger partial charge in [0.2, 0.25) is 5.91 Å². The number of rotatable bonds is 0. The predicted octanol–water partition coefficient (Wildman–Crippen LogP) is 1.19. The van der Waals surface area contributed by atoms with Crippen LogP contribution in [0.4, 0.5) is 5.82 Å². The van der Waals surface area contributed by atoms with E-state index in [1.807, 2.05) is 24.9 Å². The van der Waals surface area contributed by atoms with E-state index in [1.165, 1.54) is 0 Å².